The first-order valence-electron chi connectivity index (χ1n) is 10.3. The second-order valence-electron chi connectivity index (χ2n) is 7.85. The highest BCUT2D eigenvalue weighted by Gasteiger charge is 2.38. The number of amides is 1. The first kappa shape index (κ1) is 20.4. The van der Waals surface area contributed by atoms with Gasteiger partial charge in [0, 0.05) is 29.8 Å². The molecule has 0 saturated heterocycles. The highest BCUT2D eigenvalue weighted by Crippen LogP contribution is 2.50. The van der Waals surface area contributed by atoms with Crippen LogP contribution in [0.5, 0.6) is 0 Å². The van der Waals surface area contributed by atoms with Crippen LogP contribution < -0.4 is 10.6 Å². The highest BCUT2D eigenvalue weighted by molar-refractivity contribution is 6.32. The number of halogens is 1. The lowest BCUT2D eigenvalue weighted by molar-refractivity contribution is -0.384. The summed E-state index contributed by atoms with van der Waals surface area (Å²) in [6.45, 7) is 2.77. The molecule has 1 heterocycles. The number of anilines is 1. The van der Waals surface area contributed by atoms with Crippen molar-refractivity contribution < 1.29 is 9.72 Å². The molecule has 3 unspecified atom stereocenters. The van der Waals surface area contributed by atoms with E-state index in [2.05, 4.69) is 29.7 Å². The van der Waals surface area contributed by atoms with E-state index in [-0.39, 0.29) is 34.5 Å². The van der Waals surface area contributed by atoms with Crippen molar-refractivity contribution in [1.82, 2.24) is 5.32 Å². The SMILES string of the molecule is CCCCNC(=O)c1ccc2c(c1)C1C=CCC1C(c1ccc(Cl)c([N+](=O)[O-])c1)N2. The van der Waals surface area contributed by atoms with Gasteiger partial charge in [-0.2, -0.15) is 0 Å². The third-order valence-electron chi connectivity index (χ3n) is 5.97. The quantitative estimate of drug-likeness (QED) is 0.273. The van der Waals surface area contributed by atoms with Crippen molar-refractivity contribution in [2.75, 3.05) is 11.9 Å². The second-order valence-corrected chi connectivity index (χ2v) is 8.26. The molecule has 0 aromatic heterocycles. The van der Waals surface area contributed by atoms with Crippen molar-refractivity contribution in [3.8, 4) is 0 Å². The molecule has 1 amide bonds. The summed E-state index contributed by atoms with van der Waals surface area (Å²) in [5, 5.41) is 18.0. The summed E-state index contributed by atoms with van der Waals surface area (Å²) < 4.78 is 0. The molecule has 4 rings (SSSR count). The van der Waals surface area contributed by atoms with Crippen LogP contribution in [-0.2, 0) is 0 Å². The number of unbranched alkanes of at least 4 members (excludes halogenated alkanes) is 1. The number of carbonyl (C=O) groups excluding carboxylic acids is 1. The highest BCUT2D eigenvalue weighted by atomic mass is 35.5. The molecular weight excluding hydrogens is 402 g/mol. The Balaban J connectivity index is 1.65. The average Bonchev–Trinajstić information content (AvgIpc) is 3.23. The number of carbonyl (C=O) groups is 1. The average molecular weight is 426 g/mol. The van der Waals surface area contributed by atoms with Crippen molar-refractivity contribution >= 4 is 28.9 Å². The monoisotopic (exact) mass is 425 g/mol. The molecule has 7 heteroatoms. The van der Waals surface area contributed by atoms with Crippen molar-refractivity contribution in [2.45, 2.75) is 38.1 Å². The van der Waals surface area contributed by atoms with Gasteiger partial charge in [-0.1, -0.05) is 43.2 Å². The summed E-state index contributed by atoms with van der Waals surface area (Å²) in [7, 11) is 0. The molecule has 1 aliphatic carbocycles. The van der Waals surface area contributed by atoms with Crippen LogP contribution in [0.4, 0.5) is 11.4 Å². The Morgan fingerprint density at radius 1 is 1.30 bits per heavy atom. The smallest absolute Gasteiger partial charge is 0.288 e. The zero-order valence-electron chi connectivity index (χ0n) is 16.7. The molecule has 0 saturated carbocycles. The molecule has 2 aromatic carbocycles. The minimum Gasteiger partial charge on any atom is -0.378 e. The Hall–Kier alpha value is -2.86. The number of nitro benzene ring substituents is 1. The number of fused-ring (bicyclic) bond motifs is 3. The van der Waals surface area contributed by atoms with Gasteiger partial charge in [0.25, 0.3) is 11.6 Å². The van der Waals surface area contributed by atoms with Gasteiger partial charge in [0.2, 0.25) is 0 Å². The third-order valence-corrected chi connectivity index (χ3v) is 6.29. The van der Waals surface area contributed by atoms with Crippen LogP contribution >= 0.6 is 11.6 Å². The van der Waals surface area contributed by atoms with E-state index < -0.39 is 4.92 Å². The van der Waals surface area contributed by atoms with Gasteiger partial charge in [0.05, 0.1) is 11.0 Å². The Bertz CT molecular complexity index is 1020. The first-order valence-corrected chi connectivity index (χ1v) is 10.7. The van der Waals surface area contributed by atoms with E-state index in [1.54, 1.807) is 12.1 Å². The van der Waals surface area contributed by atoms with E-state index in [1.807, 2.05) is 24.3 Å². The summed E-state index contributed by atoms with van der Waals surface area (Å²) in [4.78, 5) is 23.4. The summed E-state index contributed by atoms with van der Waals surface area (Å²) in [6, 6.07) is 10.7. The second kappa shape index (κ2) is 8.48. The number of allylic oxidation sites excluding steroid dienone is 2. The zero-order valence-corrected chi connectivity index (χ0v) is 17.5. The van der Waals surface area contributed by atoms with E-state index >= 15 is 0 Å². The fourth-order valence-corrected chi connectivity index (χ4v) is 4.60. The topological polar surface area (TPSA) is 84.3 Å². The predicted octanol–water partition coefficient (Wildman–Crippen LogP) is 5.60. The Labute approximate surface area is 180 Å². The lowest BCUT2D eigenvalue weighted by atomic mass is 9.76. The van der Waals surface area contributed by atoms with Crippen LogP contribution in [0.25, 0.3) is 0 Å². The van der Waals surface area contributed by atoms with E-state index in [9.17, 15) is 14.9 Å². The predicted molar refractivity (Wildman–Crippen MR) is 118 cm³/mol. The molecular formula is C23H24ClN3O3. The Kier molecular flexibility index (Phi) is 5.77. The van der Waals surface area contributed by atoms with E-state index in [0.29, 0.717) is 12.1 Å². The lowest BCUT2D eigenvalue weighted by Crippen LogP contribution is -2.30. The van der Waals surface area contributed by atoms with Crippen LogP contribution in [0.15, 0.2) is 48.6 Å². The maximum Gasteiger partial charge on any atom is 0.288 e. The minimum atomic E-state index is -0.448. The number of hydrogen-bond donors (Lipinski definition) is 2. The molecule has 6 nitrogen and oxygen atoms in total. The molecule has 3 atom stereocenters. The van der Waals surface area contributed by atoms with Gasteiger partial charge in [-0.05, 0) is 54.2 Å². The Morgan fingerprint density at radius 2 is 2.13 bits per heavy atom. The van der Waals surface area contributed by atoms with Gasteiger partial charge in [-0.3, -0.25) is 14.9 Å². The maximum atomic E-state index is 12.5. The fourth-order valence-electron chi connectivity index (χ4n) is 4.41. The van der Waals surface area contributed by atoms with Gasteiger partial charge in [0.15, 0.2) is 0 Å². The molecule has 2 aliphatic rings. The molecule has 2 N–H and O–H groups in total. The number of rotatable bonds is 6. The molecule has 156 valence electrons. The summed E-state index contributed by atoms with van der Waals surface area (Å²) >= 11 is 6.00. The van der Waals surface area contributed by atoms with E-state index in [1.165, 1.54) is 0 Å². The van der Waals surface area contributed by atoms with Crippen LogP contribution in [0.1, 0.15) is 59.6 Å². The van der Waals surface area contributed by atoms with Gasteiger partial charge >= 0.3 is 0 Å². The van der Waals surface area contributed by atoms with Gasteiger partial charge < -0.3 is 10.6 Å². The van der Waals surface area contributed by atoms with Crippen LogP contribution in [0.3, 0.4) is 0 Å². The van der Waals surface area contributed by atoms with Crippen LogP contribution in [0, 0.1) is 16.0 Å². The molecule has 0 spiro atoms. The fraction of sp³-hybridized carbons (Fsp3) is 0.348. The molecule has 0 fully saturated rings. The van der Waals surface area contributed by atoms with Crippen molar-refractivity contribution in [3.63, 3.8) is 0 Å². The van der Waals surface area contributed by atoms with Gasteiger partial charge in [-0.15, -0.1) is 0 Å². The van der Waals surface area contributed by atoms with Crippen LogP contribution in [0.2, 0.25) is 5.02 Å². The standard InChI is InChI=1S/C23H24ClN3O3/c1-2-3-11-25-23(28)15-8-10-20-18(12-15)16-5-4-6-17(16)22(26-20)14-7-9-19(24)21(13-14)27(29)30/h4-5,7-10,12-13,16-17,22,26H,2-3,6,11H2,1H3,(H,25,28). The van der Waals surface area contributed by atoms with E-state index in [4.69, 9.17) is 11.6 Å². The van der Waals surface area contributed by atoms with Crippen molar-refractivity contribution in [1.29, 1.82) is 0 Å². The third kappa shape index (κ3) is 3.79. The summed E-state index contributed by atoms with van der Waals surface area (Å²) in [5.74, 6) is 0.321. The summed E-state index contributed by atoms with van der Waals surface area (Å²) in [5.41, 5.74) is 3.47. The molecule has 0 bridgehead atoms. The van der Waals surface area contributed by atoms with E-state index in [0.717, 1.165) is 36.1 Å². The molecule has 2 aromatic rings. The van der Waals surface area contributed by atoms with Crippen LogP contribution in [-0.4, -0.2) is 17.4 Å². The largest absolute Gasteiger partial charge is 0.378 e. The lowest BCUT2D eigenvalue weighted by Gasteiger charge is -2.37. The normalized spacial score (nSPS) is 21.5. The molecule has 1 aliphatic heterocycles. The van der Waals surface area contributed by atoms with Gasteiger partial charge in [-0.25, -0.2) is 0 Å². The Morgan fingerprint density at radius 3 is 2.90 bits per heavy atom. The number of nitro groups is 1. The number of nitrogens with one attached hydrogen (secondary N) is 2. The van der Waals surface area contributed by atoms with Gasteiger partial charge in [0.1, 0.15) is 5.02 Å². The number of nitrogens with zero attached hydrogens (tertiary/aromatic N) is 1. The minimum absolute atomic E-state index is 0.0553. The molecule has 30 heavy (non-hydrogen) atoms. The number of benzene rings is 2. The maximum absolute atomic E-state index is 12.5. The molecule has 0 radical (unpaired) electrons. The van der Waals surface area contributed by atoms with Crippen molar-refractivity contribution in [2.24, 2.45) is 5.92 Å². The van der Waals surface area contributed by atoms with Crippen molar-refractivity contribution in [3.05, 3.63) is 80.4 Å². The number of hydrogen-bond acceptors (Lipinski definition) is 4. The first-order chi connectivity index (χ1) is 14.5. The zero-order chi connectivity index (χ0) is 21.3. The summed E-state index contributed by atoms with van der Waals surface area (Å²) in [6.07, 6.45) is 7.19.